The molecule has 5 heteroatoms. The number of nitrogens with zero attached hydrogens (tertiary/aromatic N) is 1. The molecule has 0 fully saturated rings. The van der Waals surface area contributed by atoms with Crippen LogP contribution in [0.1, 0.15) is 0 Å². The summed E-state index contributed by atoms with van der Waals surface area (Å²) in [5, 5.41) is 5.70. The topological polar surface area (TPSA) is 28.7 Å². The van der Waals surface area contributed by atoms with E-state index in [0.717, 1.165) is 0 Å². The van der Waals surface area contributed by atoms with Gasteiger partial charge in [0.2, 0.25) is 5.95 Å². The molecule has 2 aromatic rings. The average molecular weight is 233 g/mol. The first kappa shape index (κ1) is 7.67. The third-order valence-electron chi connectivity index (χ3n) is 1.57. The van der Waals surface area contributed by atoms with Gasteiger partial charge in [0.1, 0.15) is 5.52 Å². The monoisotopic (exact) mass is 232 g/mol. The number of hydrogen-bond donors (Lipinski definition) is 1. The lowest BCUT2D eigenvalue weighted by molar-refractivity contribution is 0.588. The van der Waals surface area contributed by atoms with Gasteiger partial charge in [0.05, 0.1) is 9.86 Å². The largest absolute Gasteiger partial charge is 0.252 e. The van der Waals surface area contributed by atoms with Crippen LogP contribution in [-0.2, 0) is 0 Å². The quantitative estimate of drug-likeness (QED) is 0.744. The third-order valence-corrected chi connectivity index (χ3v) is 2.18. The van der Waals surface area contributed by atoms with Crippen molar-refractivity contribution in [3.05, 3.63) is 28.4 Å². The van der Waals surface area contributed by atoms with Crippen molar-refractivity contribution in [1.82, 2.24) is 10.2 Å². The van der Waals surface area contributed by atoms with Gasteiger partial charge in [-0.15, -0.1) is 0 Å². The predicted octanol–water partition coefficient (Wildman–Crippen LogP) is 2.60. The highest BCUT2D eigenvalue weighted by Crippen LogP contribution is 2.24. The maximum atomic E-state index is 13.1. The van der Waals surface area contributed by atoms with Crippen molar-refractivity contribution in [3.63, 3.8) is 0 Å². The lowest BCUT2D eigenvalue weighted by Crippen LogP contribution is -1.79. The van der Waals surface area contributed by atoms with E-state index in [-0.39, 0.29) is 15.4 Å². The maximum absolute atomic E-state index is 13.1. The number of nitrogens with one attached hydrogen (secondary N) is 1. The fourth-order valence-corrected chi connectivity index (χ4v) is 1.31. The van der Waals surface area contributed by atoms with Gasteiger partial charge < -0.3 is 0 Å². The van der Waals surface area contributed by atoms with Crippen molar-refractivity contribution >= 4 is 26.8 Å². The molecule has 0 amide bonds. The van der Waals surface area contributed by atoms with E-state index in [2.05, 4.69) is 26.1 Å². The Morgan fingerprint density at radius 1 is 1.33 bits per heavy atom. The molecule has 0 aliphatic rings. The molecule has 0 radical (unpaired) electrons. The van der Waals surface area contributed by atoms with Gasteiger partial charge in [0.25, 0.3) is 0 Å². The standard InChI is InChI=1S/C7H3BrF2N2/c8-4-2-1-3-6(5(4)9)11-12-7(3)10/h1-2H,(H,11,12). The molecule has 0 saturated heterocycles. The maximum Gasteiger partial charge on any atom is 0.216 e. The predicted molar refractivity (Wildman–Crippen MR) is 43.7 cm³/mol. The summed E-state index contributed by atoms with van der Waals surface area (Å²) in [6.45, 7) is 0. The Morgan fingerprint density at radius 2 is 2.08 bits per heavy atom. The molecule has 0 unspecified atom stereocenters. The van der Waals surface area contributed by atoms with Crippen molar-refractivity contribution in [2.45, 2.75) is 0 Å². The second-order valence-corrected chi connectivity index (χ2v) is 3.15. The molecule has 62 valence electrons. The Balaban J connectivity index is 2.93. The second kappa shape index (κ2) is 2.52. The highest BCUT2D eigenvalue weighted by molar-refractivity contribution is 9.10. The molecular weight excluding hydrogens is 230 g/mol. The lowest BCUT2D eigenvalue weighted by Gasteiger charge is -1.92. The molecule has 1 N–H and O–H groups in total. The molecule has 1 aromatic heterocycles. The molecule has 0 aliphatic heterocycles. The molecule has 0 spiro atoms. The molecule has 2 rings (SSSR count). The number of rotatable bonds is 0. The van der Waals surface area contributed by atoms with E-state index in [1.165, 1.54) is 12.1 Å². The van der Waals surface area contributed by atoms with E-state index >= 15 is 0 Å². The smallest absolute Gasteiger partial charge is 0.216 e. The van der Waals surface area contributed by atoms with E-state index in [4.69, 9.17) is 0 Å². The SMILES string of the molecule is Fc1[nH]nc2c(F)c(Br)ccc12. The fourth-order valence-electron chi connectivity index (χ4n) is 0.992. The number of hydrogen-bond acceptors (Lipinski definition) is 1. The number of benzene rings is 1. The van der Waals surface area contributed by atoms with Gasteiger partial charge >= 0.3 is 0 Å². The van der Waals surface area contributed by atoms with Crippen LogP contribution >= 0.6 is 15.9 Å². The van der Waals surface area contributed by atoms with Gasteiger partial charge in [-0.25, -0.2) is 4.39 Å². The van der Waals surface area contributed by atoms with Gasteiger partial charge in [-0.3, -0.25) is 5.10 Å². The Bertz CT molecular complexity index is 438. The first-order chi connectivity index (χ1) is 5.70. The van der Waals surface area contributed by atoms with E-state index < -0.39 is 11.8 Å². The van der Waals surface area contributed by atoms with Crippen LogP contribution < -0.4 is 0 Å². The van der Waals surface area contributed by atoms with E-state index in [1.54, 1.807) is 0 Å². The highest BCUT2D eigenvalue weighted by atomic mass is 79.9. The Labute approximate surface area is 74.7 Å². The summed E-state index contributed by atoms with van der Waals surface area (Å²) in [4.78, 5) is 0. The zero-order valence-corrected chi connectivity index (χ0v) is 7.32. The zero-order chi connectivity index (χ0) is 8.72. The van der Waals surface area contributed by atoms with Crippen LogP contribution in [0, 0.1) is 11.8 Å². The summed E-state index contributed by atoms with van der Waals surface area (Å²) in [6.07, 6.45) is 0. The van der Waals surface area contributed by atoms with E-state index in [0.29, 0.717) is 0 Å². The molecule has 0 aliphatic carbocycles. The Hall–Kier alpha value is -0.970. The number of aromatic nitrogens is 2. The van der Waals surface area contributed by atoms with Gasteiger partial charge in [-0.05, 0) is 28.1 Å². The summed E-state index contributed by atoms with van der Waals surface area (Å²) in [5.74, 6) is -1.16. The Kier molecular flexibility index (Phi) is 1.61. The number of aromatic amines is 1. The highest BCUT2D eigenvalue weighted by Gasteiger charge is 2.11. The van der Waals surface area contributed by atoms with Crippen molar-refractivity contribution in [1.29, 1.82) is 0 Å². The van der Waals surface area contributed by atoms with Crippen LogP contribution in [0.25, 0.3) is 10.9 Å². The van der Waals surface area contributed by atoms with Gasteiger partial charge in [0, 0.05) is 0 Å². The minimum absolute atomic E-state index is 0.0156. The van der Waals surface area contributed by atoms with Gasteiger partial charge in [-0.1, -0.05) is 0 Å². The summed E-state index contributed by atoms with van der Waals surface area (Å²) in [7, 11) is 0. The first-order valence-corrected chi connectivity index (χ1v) is 3.97. The van der Waals surface area contributed by atoms with Crippen LogP contribution in [0.5, 0.6) is 0 Å². The minimum Gasteiger partial charge on any atom is -0.252 e. The number of H-pyrrole nitrogens is 1. The third kappa shape index (κ3) is 0.929. The summed E-state index contributed by atoms with van der Waals surface area (Å²) in [5.41, 5.74) is 0.0156. The van der Waals surface area contributed by atoms with Crippen LogP contribution in [0.15, 0.2) is 16.6 Å². The molecule has 12 heavy (non-hydrogen) atoms. The second-order valence-electron chi connectivity index (χ2n) is 2.30. The number of fused-ring (bicyclic) bond motifs is 1. The summed E-state index contributed by atoms with van der Waals surface area (Å²) < 4.78 is 26.2. The summed E-state index contributed by atoms with van der Waals surface area (Å²) >= 11 is 2.97. The molecule has 1 heterocycles. The van der Waals surface area contributed by atoms with Gasteiger partial charge in [-0.2, -0.15) is 9.49 Å². The minimum atomic E-state index is -0.614. The molecule has 2 nitrogen and oxygen atoms in total. The van der Waals surface area contributed by atoms with Crippen molar-refractivity contribution in [3.8, 4) is 0 Å². The fraction of sp³-hybridized carbons (Fsp3) is 0. The molecule has 0 atom stereocenters. The lowest BCUT2D eigenvalue weighted by atomic mass is 10.2. The molecular formula is C7H3BrF2N2. The van der Waals surface area contributed by atoms with E-state index in [1.807, 2.05) is 0 Å². The zero-order valence-electron chi connectivity index (χ0n) is 5.74. The van der Waals surface area contributed by atoms with Crippen LogP contribution in [0.2, 0.25) is 0 Å². The molecule has 0 bridgehead atoms. The first-order valence-electron chi connectivity index (χ1n) is 3.17. The van der Waals surface area contributed by atoms with Crippen LogP contribution in [-0.4, -0.2) is 10.2 Å². The normalized spacial score (nSPS) is 10.9. The molecule has 1 aromatic carbocycles. The number of halogens is 3. The average Bonchev–Trinajstić information content (AvgIpc) is 2.41. The van der Waals surface area contributed by atoms with Crippen molar-refractivity contribution in [2.75, 3.05) is 0 Å². The molecule has 0 saturated carbocycles. The van der Waals surface area contributed by atoms with Gasteiger partial charge in [0.15, 0.2) is 5.82 Å². The van der Waals surface area contributed by atoms with Crippen molar-refractivity contribution < 1.29 is 8.78 Å². The summed E-state index contributed by atoms with van der Waals surface area (Å²) in [6, 6.07) is 2.90. The van der Waals surface area contributed by atoms with Crippen LogP contribution in [0.4, 0.5) is 8.78 Å². The van der Waals surface area contributed by atoms with E-state index in [9.17, 15) is 8.78 Å². The van der Waals surface area contributed by atoms with Crippen LogP contribution in [0.3, 0.4) is 0 Å². The Morgan fingerprint density at radius 3 is 2.83 bits per heavy atom. The van der Waals surface area contributed by atoms with Crippen molar-refractivity contribution in [2.24, 2.45) is 0 Å².